The maximum absolute atomic E-state index is 14.7. The van der Waals surface area contributed by atoms with Crippen molar-refractivity contribution >= 4 is 29.2 Å². The molecule has 1 aromatic heterocycles. The van der Waals surface area contributed by atoms with Crippen molar-refractivity contribution in [3.63, 3.8) is 0 Å². The van der Waals surface area contributed by atoms with E-state index in [1.807, 2.05) is 13.0 Å². The molecule has 5 rings (SSSR count). The van der Waals surface area contributed by atoms with Crippen LogP contribution in [-0.2, 0) is 9.47 Å². The van der Waals surface area contributed by atoms with Gasteiger partial charge in [-0.15, -0.1) is 0 Å². The summed E-state index contributed by atoms with van der Waals surface area (Å²) in [5, 5.41) is 11.9. The normalized spacial score (nSPS) is 23.5. The Morgan fingerprint density at radius 1 is 1.32 bits per heavy atom. The highest BCUT2D eigenvalue weighted by molar-refractivity contribution is 6.33. The monoisotopic (exact) mass is 531 g/mol. The van der Waals surface area contributed by atoms with Gasteiger partial charge in [0.1, 0.15) is 23.8 Å². The Labute approximate surface area is 218 Å². The molecule has 2 saturated heterocycles. The molecule has 2 aromatic rings. The average molecular weight is 532 g/mol. The third kappa shape index (κ3) is 5.36. The van der Waals surface area contributed by atoms with Crippen molar-refractivity contribution in [2.24, 2.45) is 11.8 Å². The highest BCUT2D eigenvalue weighted by atomic mass is 35.5. The van der Waals surface area contributed by atoms with Crippen molar-refractivity contribution in [3.8, 4) is 17.7 Å². The first-order chi connectivity index (χ1) is 17.8. The van der Waals surface area contributed by atoms with Crippen LogP contribution in [-0.4, -0.2) is 65.6 Å². The minimum atomic E-state index is -0.710. The number of aromatic nitrogens is 2. The quantitative estimate of drug-likeness (QED) is 0.557. The fourth-order valence-electron chi connectivity index (χ4n) is 4.60. The van der Waals surface area contributed by atoms with E-state index in [9.17, 15) is 9.18 Å². The van der Waals surface area contributed by atoms with E-state index in [0.717, 1.165) is 18.9 Å². The number of anilines is 2. The predicted molar refractivity (Wildman–Crippen MR) is 131 cm³/mol. The number of halogens is 2. The lowest BCUT2D eigenvalue weighted by Gasteiger charge is -2.46. The van der Waals surface area contributed by atoms with Crippen LogP contribution in [0.3, 0.4) is 0 Å². The molecule has 1 aliphatic carbocycles. The Hall–Kier alpha value is -3.36. The van der Waals surface area contributed by atoms with Crippen LogP contribution >= 0.6 is 11.6 Å². The van der Waals surface area contributed by atoms with Gasteiger partial charge in [-0.2, -0.15) is 10.2 Å². The van der Waals surface area contributed by atoms with E-state index in [-0.39, 0.29) is 70.0 Å². The first-order valence-corrected chi connectivity index (χ1v) is 12.5. The molecule has 12 heteroatoms. The summed E-state index contributed by atoms with van der Waals surface area (Å²) in [5.74, 6) is -0.354. The van der Waals surface area contributed by atoms with Gasteiger partial charge in [-0.05, 0) is 38.8 Å². The number of nitrogens with zero attached hydrogens (tertiary/aromatic N) is 4. The van der Waals surface area contributed by atoms with Gasteiger partial charge < -0.3 is 29.2 Å². The number of nitriles is 1. The summed E-state index contributed by atoms with van der Waals surface area (Å²) in [6.07, 6.45) is 2.46. The van der Waals surface area contributed by atoms with Gasteiger partial charge in [-0.1, -0.05) is 11.6 Å². The van der Waals surface area contributed by atoms with Crippen LogP contribution in [0, 0.1) is 29.0 Å². The summed E-state index contributed by atoms with van der Waals surface area (Å²) < 4.78 is 38.3. The van der Waals surface area contributed by atoms with Crippen LogP contribution in [0.1, 0.15) is 32.3 Å². The summed E-state index contributed by atoms with van der Waals surface area (Å²) >= 11 is 6.21. The number of likely N-dealkylation sites (tertiary alicyclic amines) is 1. The minimum Gasteiger partial charge on any atom is -0.486 e. The Morgan fingerprint density at radius 2 is 2.05 bits per heavy atom. The molecule has 2 bridgehead atoms. The summed E-state index contributed by atoms with van der Waals surface area (Å²) in [6.45, 7) is 5.73. The summed E-state index contributed by atoms with van der Waals surface area (Å²) in [7, 11) is 0. The van der Waals surface area contributed by atoms with Gasteiger partial charge in [0, 0.05) is 24.9 Å². The molecule has 3 heterocycles. The SMILES string of the molecule is CCOc1c(Nc2c(F)cc(C#N)cc2Cl)ncnc1OC1C2COCC1CN(C(=O)OC1(C)CC1)C2. The summed E-state index contributed by atoms with van der Waals surface area (Å²) in [4.78, 5) is 22.9. The second kappa shape index (κ2) is 10.2. The molecule has 3 fully saturated rings. The van der Waals surface area contributed by atoms with Gasteiger partial charge in [-0.25, -0.2) is 14.2 Å². The van der Waals surface area contributed by atoms with Crippen LogP contribution in [0.15, 0.2) is 18.5 Å². The third-order valence-corrected chi connectivity index (χ3v) is 7.07. The maximum atomic E-state index is 14.7. The molecule has 37 heavy (non-hydrogen) atoms. The number of amides is 1. The van der Waals surface area contributed by atoms with E-state index in [1.165, 1.54) is 12.4 Å². The standard InChI is InChI=1S/C25H27ClFN5O5/c1-3-35-21-22(31-19-17(26)6-14(8-28)7-18(19)27)29-13-30-23(21)36-20-15-9-32(10-16(20)12-34-11-15)24(33)37-25(2)4-5-25/h6-7,13,15-16,20H,3-5,9-12H2,1-2H3,(H,29,30,31). The zero-order valence-corrected chi connectivity index (χ0v) is 21.3. The zero-order chi connectivity index (χ0) is 26.2. The van der Waals surface area contributed by atoms with Crippen LogP contribution in [0.4, 0.5) is 20.7 Å². The zero-order valence-electron chi connectivity index (χ0n) is 20.5. The van der Waals surface area contributed by atoms with Crippen molar-refractivity contribution in [2.75, 3.05) is 38.2 Å². The summed E-state index contributed by atoms with van der Waals surface area (Å²) in [6, 6.07) is 4.30. The number of benzene rings is 1. The molecule has 10 nitrogen and oxygen atoms in total. The first-order valence-electron chi connectivity index (χ1n) is 12.2. The minimum absolute atomic E-state index is 0.0195. The second-order valence-corrected chi connectivity index (χ2v) is 10.1. The molecule has 0 spiro atoms. The highest BCUT2D eigenvalue weighted by Crippen LogP contribution is 2.41. The maximum Gasteiger partial charge on any atom is 0.410 e. The highest BCUT2D eigenvalue weighted by Gasteiger charge is 2.47. The Balaban J connectivity index is 1.36. The number of fused-ring (bicyclic) bond motifs is 2. The lowest BCUT2D eigenvalue weighted by atomic mass is 9.84. The van der Waals surface area contributed by atoms with E-state index in [2.05, 4.69) is 15.3 Å². The molecule has 2 unspecified atom stereocenters. The number of carbonyl (C=O) groups is 1. The molecule has 3 aliphatic rings. The Morgan fingerprint density at radius 3 is 2.68 bits per heavy atom. The van der Waals surface area contributed by atoms with Crippen molar-refractivity contribution in [1.82, 2.24) is 14.9 Å². The van der Waals surface area contributed by atoms with E-state index >= 15 is 0 Å². The van der Waals surface area contributed by atoms with Gasteiger partial charge in [-0.3, -0.25) is 0 Å². The molecule has 0 radical (unpaired) electrons. The fraction of sp³-hybridized carbons (Fsp3) is 0.520. The average Bonchev–Trinajstić information content (AvgIpc) is 3.58. The molecule has 1 N–H and O–H groups in total. The van der Waals surface area contributed by atoms with Gasteiger partial charge in [0.15, 0.2) is 5.82 Å². The Bertz CT molecular complexity index is 1200. The lowest BCUT2D eigenvalue weighted by molar-refractivity contribution is -0.112. The molecule has 2 atom stereocenters. The fourth-order valence-corrected chi connectivity index (χ4v) is 4.86. The molecule has 1 aromatic carbocycles. The van der Waals surface area contributed by atoms with Crippen molar-refractivity contribution in [3.05, 3.63) is 34.9 Å². The van der Waals surface area contributed by atoms with E-state index < -0.39 is 5.82 Å². The van der Waals surface area contributed by atoms with Gasteiger partial charge >= 0.3 is 6.09 Å². The number of hydrogen-bond donors (Lipinski definition) is 1. The molecular formula is C25H27ClFN5O5. The van der Waals surface area contributed by atoms with E-state index in [0.29, 0.717) is 26.3 Å². The van der Waals surface area contributed by atoms with E-state index in [4.69, 9.17) is 35.8 Å². The number of carbonyl (C=O) groups excluding carboxylic acids is 1. The Kier molecular flexibility index (Phi) is 6.96. The van der Waals surface area contributed by atoms with Crippen LogP contribution < -0.4 is 14.8 Å². The number of rotatable bonds is 7. The van der Waals surface area contributed by atoms with Gasteiger partial charge in [0.25, 0.3) is 5.88 Å². The van der Waals surface area contributed by atoms with E-state index in [1.54, 1.807) is 11.8 Å². The molecule has 2 aliphatic heterocycles. The molecule has 196 valence electrons. The van der Waals surface area contributed by atoms with Crippen LogP contribution in [0.5, 0.6) is 11.6 Å². The van der Waals surface area contributed by atoms with Crippen molar-refractivity contribution in [1.29, 1.82) is 5.26 Å². The van der Waals surface area contributed by atoms with Crippen molar-refractivity contribution < 1.29 is 28.1 Å². The summed E-state index contributed by atoms with van der Waals surface area (Å²) in [5.41, 5.74) is -0.294. The largest absolute Gasteiger partial charge is 0.486 e. The van der Waals surface area contributed by atoms with Gasteiger partial charge in [0.2, 0.25) is 5.75 Å². The first kappa shape index (κ1) is 25.3. The van der Waals surface area contributed by atoms with Crippen molar-refractivity contribution in [2.45, 2.75) is 38.4 Å². The number of ether oxygens (including phenoxy) is 4. The molecule has 1 saturated carbocycles. The van der Waals surface area contributed by atoms with Crippen LogP contribution in [0.2, 0.25) is 5.02 Å². The second-order valence-electron chi connectivity index (χ2n) is 9.70. The smallest absolute Gasteiger partial charge is 0.410 e. The number of hydrogen-bond acceptors (Lipinski definition) is 9. The number of nitrogens with one attached hydrogen (secondary N) is 1. The molecule has 1 amide bonds. The number of piperidine rings is 1. The predicted octanol–water partition coefficient (Wildman–Crippen LogP) is 4.30. The van der Waals surface area contributed by atoms with Crippen LogP contribution in [0.25, 0.3) is 0 Å². The van der Waals surface area contributed by atoms with Gasteiger partial charge in [0.05, 0.1) is 42.2 Å². The lowest BCUT2D eigenvalue weighted by Crippen LogP contribution is -2.59. The third-order valence-electron chi connectivity index (χ3n) is 6.77. The topological polar surface area (TPSA) is 119 Å². The molecular weight excluding hydrogens is 505 g/mol.